The molecule has 4 aromatic rings. The quantitative estimate of drug-likeness (QED) is 0.378. The Morgan fingerprint density at radius 3 is 2.61 bits per heavy atom. The number of rotatable bonds is 1. The molecule has 0 N–H and O–H groups in total. The molecule has 0 spiro atoms. The zero-order valence-electron chi connectivity index (χ0n) is 15.0. The van der Waals surface area contributed by atoms with Crippen LogP contribution in [0.4, 0.5) is 0 Å². The summed E-state index contributed by atoms with van der Waals surface area (Å²) in [5.74, 6) is -1.02. The Labute approximate surface area is 158 Å². The molecule has 1 aliphatic rings. The van der Waals surface area contributed by atoms with E-state index in [4.69, 9.17) is 9.15 Å². The molecule has 1 aliphatic heterocycles. The monoisotopic (exact) mass is 373 g/mol. The lowest BCUT2D eigenvalue weighted by atomic mass is 9.86. The number of fused-ring (bicyclic) bond motifs is 4. The van der Waals surface area contributed by atoms with Gasteiger partial charge in [-0.2, -0.15) is 0 Å². The van der Waals surface area contributed by atoms with E-state index in [-0.39, 0.29) is 23.3 Å². The van der Waals surface area contributed by atoms with Crippen LogP contribution in [0.25, 0.3) is 21.9 Å². The summed E-state index contributed by atoms with van der Waals surface area (Å²) in [6.45, 7) is 0. The van der Waals surface area contributed by atoms with E-state index >= 15 is 0 Å². The minimum absolute atomic E-state index is 0.0936. The van der Waals surface area contributed by atoms with Crippen molar-refractivity contribution < 1.29 is 13.9 Å². The van der Waals surface area contributed by atoms with Gasteiger partial charge in [-0.25, -0.2) is 4.79 Å². The molecule has 0 aliphatic carbocycles. The van der Waals surface area contributed by atoms with Crippen LogP contribution in [0.5, 0.6) is 5.75 Å². The third-order valence-electron chi connectivity index (χ3n) is 5.27. The van der Waals surface area contributed by atoms with Crippen molar-refractivity contribution in [3.8, 4) is 5.75 Å². The number of hydrogen-bond acceptors (Lipinski definition) is 5. The summed E-state index contributed by atoms with van der Waals surface area (Å²) in [4.78, 5) is 38.2. The Balaban J connectivity index is 1.85. The van der Waals surface area contributed by atoms with Crippen LogP contribution in [0.2, 0.25) is 0 Å². The van der Waals surface area contributed by atoms with Crippen LogP contribution in [0.3, 0.4) is 0 Å². The molecule has 0 unspecified atom stereocenters. The van der Waals surface area contributed by atoms with E-state index < -0.39 is 17.5 Å². The first kappa shape index (κ1) is 16.5. The molecule has 0 fully saturated rings. The van der Waals surface area contributed by atoms with Gasteiger partial charge in [0.25, 0.3) is 5.56 Å². The lowest BCUT2D eigenvalue weighted by Crippen LogP contribution is -2.31. The fourth-order valence-electron chi connectivity index (χ4n) is 3.93. The predicted molar refractivity (Wildman–Crippen MR) is 104 cm³/mol. The summed E-state index contributed by atoms with van der Waals surface area (Å²) in [6.07, 6.45) is -0.0936. The topological polar surface area (TPSA) is 78.5 Å². The van der Waals surface area contributed by atoms with Crippen LogP contribution < -0.4 is 15.9 Å². The van der Waals surface area contributed by atoms with E-state index in [2.05, 4.69) is 0 Å². The number of pyridine rings is 1. The van der Waals surface area contributed by atoms with Gasteiger partial charge in [0.2, 0.25) is 0 Å². The second kappa shape index (κ2) is 5.92. The molecule has 138 valence electrons. The van der Waals surface area contributed by atoms with Crippen LogP contribution in [0.1, 0.15) is 23.5 Å². The highest BCUT2D eigenvalue weighted by molar-refractivity contribution is 5.90. The van der Waals surface area contributed by atoms with Gasteiger partial charge in [0.1, 0.15) is 5.58 Å². The molecule has 0 saturated carbocycles. The number of hydrogen-bond donors (Lipinski definition) is 0. The number of nitrogens with zero attached hydrogens (tertiary/aromatic N) is 1. The van der Waals surface area contributed by atoms with Gasteiger partial charge < -0.3 is 13.7 Å². The Bertz CT molecular complexity index is 1400. The van der Waals surface area contributed by atoms with E-state index in [1.54, 1.807) is 37.4 Å². The minimum atomic E-state index is -0.722. The first-order valence-corrected chi connectivity index (χ1v) is 8.89. The van der Waals surface area contributed by atoms with Gasteiger partial charge in [-0.15, -0.1) is 0 Å². The SMILES string of the molecule is Cn1c(=O)c([C@@H]2CC(=O)Oc3c2c(=O)oc2ccccc32)cc2ccccc21. The molecule has 1 atom stereocenters. The lowest BCUT2D eigenvalue weighted by molar-refractivity contribution is -0.135. The first-order chi connectivity index (χ1) is 13.5. The summed E-state index contributed by atoms with van der Waals surface area (Å²) in [7, 11) is 1.68. The van der Waals surface area contributed by atoms with Crippen molar-refractivity contribution in [2.24, 2.45) is 7.05 Å². The third kappa shape index (κ3) is 2.31. The second-order valence-electron chi connectivity index (χ2n) is 6.88. The van der Waals surface area contributed by atoms with Gasteiger partial charge in [-0.3, -0.25) is 9.59 Å². The number of aromatic nitrogens is 1. The van der Waals surface area contributed by atoms with Crippen LogP contribution in [0, 0.1) is 0 Å². The van der Waals surface area contributed by atoms with Crippen molar-refractivity contribution in [1.82, 2.24) is 4.57 Å². The maximum Gasteiger partial charge on any atom is 0.343 e. The third-order valence-corrected chi connectivity index (χ3v) is 5.27. The van der Waals surface area contributed by atoms with Crippen molar-refractivity contribution in [1.29, 1.82) is 0 Å². The first-order valence-electron chi connectivity index (χ1n) is 8.89. The van der Waals surface area contributed by atoms with Crippen molar-refractivity contribution in [2.75, 3.05) is 0 Å². The molecule has 6 heteroatoms. The number of esters is 1. The van der Waals surface area contributed by atoms with Crippen molar-refractivity contribution in [3.63, 3.8) is 0 Å². The smallest absolute Gasteiger partial charge is 0.343 e. The van der Waals surface area contributed by atoms with Crippen LogP contribution in [-0.4, -0.2) is 10.5 Å². The highest BCUT2D eigenvalue weighted by Crippen LogP contribution is 2.40. The normalized spacial score (nSPS) is 16.2. The molecule has 5 rings (SSSR count). The van der Waals surface area contributed by atoms with Crippen LogP contribution >= 0.6 is 0 Å². The molecule has 3 heterocycles. The lowest BCUT2D eigenvalue weighted by Gasteiger charge is -2.24. The fraction of sp³-hybridized carbons (Fsp3) is 0.136. The molecular formula is C22H15NO5. The highest BCUT2D eigenvalue weighted by Gasteiger charge is 2.35. The molecule has 2 aromatic carbocycles. The summed E-state index contributed by atoms with van der Waals surface area (Å²) in [6, 6.07) is 16.1. The molecule has 0 bridgehead atoms. The zero-order valence-corrected chi connectivity index (χ0v) is 15.0. The van der Waals surface area contributed by atoms with E-state index in [9.17, 15) is 14.4 Å². The van der Waals surface area contributed by atoms with E-state index in [1.165, 1.54) is 4.57 Å². The van der Waals surface area contributed by atoms with Crippen molar-refractivity contribution in [2.45, 2.75) is 12.3 Å². The predicted octanol–water partition coefficient (Wildman–Crippen LogP) is 3.09. The van der Waals surface area contributed by atoms with Crippen LogP contribution in [-0.2, 0) is 11.8 Å². The van der Waals surface area contributed by atoms with Gasteiger partial charge in [0.15, 0.2) is 5.75 Å². The largest absolute Gasteiger partial charge is 0.425 e. The summed E-state index contributed by atoms with van der Waals surface area (Å²) in [5, 5.41) is 1.39. The average molecular weight is 373 g/mol. The Morgan fingerprint density at radius 1 is 1.00 bits per heavy atom. The number of para-hydroxylation sites is 2. The number of aryl methyl sites for hydroxylation is 1. The Hall–Kier alpha value is -3.67. The van der Waals surface area contributed by atoms with Gasteiger partial charge in [0.05, 0.1) is 22.9 Å². The maximum absolute atomic E-state index is 13.1. The average Bonchev–Trinajstić information content (AvgIpc) is 2.70. The van der Waals surface area contributed by atoms with E-state index in [0.29, 0.717) is 16.5 Å². The molecule has 6 nitrogen and oxygen atoms in total. The van der Waals surface area contributed by atoms with Crippen molar-refractivity contribution in [3.05, 3.63) is 86.5 Å². The molecule has 0 saturated heterocycles. The number of benzene rings is 2. The molecule has 2 aromatic heterocycles. The summed E-state index contributed by atoms with van der Waals surface area (Å²) >= 11 is 0. The molecular weight excluding hydrogens is 358 g/mol. The fourth-order valence-corrected chi connectivity index (χ4v) is 3.93. The molecule has 0 radical (unpaired) electrons. The van der Waals surface area contributed by atoms with E-state index in [0.717, 1.165) is 10.9 Å². The number of ether oxygens (including phenoxy) is 1. The molecule has 28 heavy (non-hydrogen) atoms. The van der Waals surface area contributed by atoms with Gasteiger partial charge in [-0.05, 0) is 29.7 Å². The highest BCUT2D eigenvalue weighted by atomic mass is 16.5. The standard InChI is InChI=1S/C22H15NO5/c1-23-16-8-4-2-6-12(16)10-15(21(23)25)14-11-18(24)28-20-13-7-3-5-9-17(13)27-22(26)19(14)20/h2-10,14H,11H2,1H3/t14-/m0/s1. The van der Waals surface area contributed by atoms with Gasteiger partial charge in [0, 0.05) is 18.5 Å². The Kier molecular flexibility index (Phi) is 3.49. The maximum atomic E-state index is 13.1. The number of carbonyl (C=O) groups excluding carboxylic acids is 1. The number of carbonyl (C=O) groups is 1. The summed E-state index contributed by atoms with van der Waals surface area (Å²) in [5.41, 5.74) is 0.859. The van der Waals surface area contributed by atoms with Gasteiger partial charge in [-0.1, -0.05) is 30.3 Å². The van der Waals surface area contributed by atoms with Gasteiger partial charge >= 0.3 is 11.6 Å². The summed E-state index contributed by atoms with van der Waals surface area (Å²) < 4.78 is 12.4. The Morgan fingerprint density at radius 2 is 1.75 bits per heavy atom. The second-order valence-corrected chi connectivity index (χ2v) is 6.88. The van der Waals surface area contributed by atoms with Crippen molar-refractivity contribution >= 4 is 27.8 Å². The zero-order chi connectivity index (χ0) is 19.4. The molecule has 0 amide bonds. The van der Waals surface area contributed by atoms with E-state index in [1.807, 2.05) is 24.3 Å². The minimum Gasteiger partial charge on any atom is -0.425 e. The van der Waals surface area contributed by atoms with Crippen LogP contribution in [0.15, 0.2) is 68.6 Å².